The molecule has 0 spiro atoms. The van der Waals surface area contributed by atoms with Gasteiger partial charge in [0.25, 0.3) is 0 Å². The summed E-state index contributed by atoms with van der Waals surface area (Å²) in [4.78, 5) is 23.0. The number of carbonyl (C=O) groups excluding carboxylic acids is 1. The van der Waals surface area contributed by atoms with E-state index in [4.69, 9.17) is 5.11 Å². The molecule has 2 rings (SSSR count). The molecule has 6 heteroatoms. The van der Waals surface area contributed by atoms with Crippen LogP contribution in [0.5, 0.6) is 0 Å². The summed E-state index contributed by atoms with van der Waals surface area (Å²) < 4.78 is 0. The molecule has 0 aliphatic heterocycles. The van der Waals surface area contributed by atoms with Crippen LogP contribution >= 0.6 is 0 Å². The lowest BCUT2D eigenvalue weighted by Gasteiger charge is -2.28. The fraction of sp³-hybridized carbons (Fsp3) is 0.467. The zero-order valence-electron chi connectivity index (χ0n) is 11.9. The number of nitrogens with one attached hydrogen (secondary N) is 2. The van der Waals surface area contributed by atoms with Gasteiger partial charge in [-0.15, -0.1) is 0 Å². The Morgan fingerprint density at radius 3 is 2.62 bits per heavy atom. The molecular formula is C15H20N2O4. The Labute approximate surface area is 123 Å². The van der Waals surface area contributed by atoms with Crippen LogP contribution in [-0.2, 0) is 0 Å². The Morgan fingerprint density at radius 1 is 1.24 bits per heavy atom. The number of aliphatic hydroxyl groups is 1. The molecule has 0 heterocycles. The number of aryl methyl sites for hydroxylation is 1. The van der Waals surface area contributed by atoms with Gasteiger partial charge in [-0.2, -0.15) is 0 Å². The maximum atomic E-state index is 11.9. The highest BCUT2D eigenvalue weighted by molar-refractivity contribution is 5.94. The first kappa shape index (κ1) is 15.3. The van der Waals surface area contributed by atoms with E-state index in [-0.39, 0.29) is 11.6 Å². The van der Waals surface area contributed by atoms with Crippen molar-refractivity contribution in [3.8, 4) is 0 Å². The van der Waals surface area contributed by atoms with E-state index in [9.17, 15) is 14.7 Å². The second kappa shape index (κ2) is 6.58. The maximum absolute atomic E-state index is 11.9. The van der Waals surface area contributed by atoms with Crippen molar-refractivity contribution in [1.82, 2.24) is 5.32 Å². The summed E-state index contributed by atoms with van der Waals surface area (Å²) >= 11 is 0. The minimum absolute atomic E-state index is 0.158. The molecule has 0 aromatic heterocycles. The molecule has 0 bridgehead atoms. The monoisotopic (exact) mass is 292 g/mol. The molecule has 1 saturated carbocycles. The van der Waals surface area contributed by atoms with Gasteiger partial charge < -0.3 is 20.8 Å². The summed E-state index contributed by atoms with van der Waals surface area (Å²) in [5.74, 6) is -1.03. The number of hydrogen-bond acceptors (Lipinski definition) is 3. The number of rotatable bonds is 3. The van der Waals surface area contributed by atoms with Gasteiger partial charge >= 0.3 is 12.0 Å². The Balaban J connectivity index is 1.99. The van der Waals surface area contributed by atoms with Gasteiger partial charge in [-0.3, -0.25) is 0 Å². The molecule has 114 valence electrons. The van der Waals surface area contributed by atoms with Crippen LogP contribution in [0.1, 0.15) is 41.6 Å². The third kappa shape index (κ3) is 3.95. The Bertz CT molecular complexity index is 544. The molecule has 2 unspecified atom stereocenters. The van der Waals surface area contributed by atoms with Crippen LogP contribution in [0.2, 0.25) is 0 Å². The topological polar surface area (TPSA) is 98.7 Å². The average molecular weight is 292 g/mol. The quantitative estimate of drug-likeness (QED) is 0.685. The zero-order valence-corrected chi connectivity index (χ0v) is 11.9. The lowest BCUT2D eigenvalue weighted by Crippen LogP contribution is -2.46. The third-order valence-corrected chi connectivity index (χ3v) is 3.77. The Kier molecular flexibility index (Phi) is 4.80. The normalized spacial score (nSPS) is 21.6. The van der Waals surface area contributed by atoms with Gasteiger partial charge in [-0.25, -0.2) is 9.59 Å². The second-order valence-electron chi connectivity index (χ2n) is 5.39. The number of aromatic carboxylic acids is 1. The van der Waals surface area contributed by atoms with Crippen molar-refractivity contribution in [2.45, 2.75) is 44.8 Å². The maximum Gasteiger partial charge on any atom is 0.336 e. The number of carboxylic acids is 1. The van der Waals surface area contributed by atoms with Crippen LogP contribution in [0.3, 0.4) is 0 Å². The molecule has 1 aliphatic rings. The predicted octanol–water partition coefficient (Wildman–Crippen LogP) is 2.12. The number of aliphatic hydroxyl groups excluding tert-OH is 1. The molecule has 6 nitrogen and oxygen atoms in total. The van der Waals surface area contributed by atoms with Crippen LogP contribution in [0, 0.1) is 6.92 Å². The van der Waals surface area contributed by atoms with E-state index in [1.165, 1.54) is 6.07 Å². The van der Waals surface area contributed by atoms with Crippen molar-refractivity contribution in [1.29, 1.82) is 0 Å². The number of carbonyl (C=O) groups is 2. The minimum Gasteiger partial charge on any atom is -0.478 e. The number of hydrogen-bond donors (Lipinski definition) is 4. The van der Waals surface area contributed by atoms with E-state index in [0.717, 1.165) is 19.3 Å². The highest BCUT2D eigenvalue weighted by atomic mass is 16.4. The molecule has 1 fully saturated rings. The number of amides is 2. The van der Waals surface area contributed by atoms with E-state index >= 15 is 0 Å². The van der Waals surface area contributed by atoms with Gasteiger partial charge in [0.2, 0.25) is 0 Å². The molecular weight excluding hydrogens is 272 g/mol. The van der Waals surface area contributed by atoms with Crippen LogP contribution in [0.4, 0.5) is 10.5 Å². The molecule has 2 amide bonds. The van der Waals surface area contributed by atoms with Crippen molar-refractivity contribution in [2.24, 2.45) is 0 Å². The molecule has 1 aromatic carbocycles. The standard InChI is InChI=1S/C15H20N2O4/c1-9-6-7-10(8-11(9)14(19)20)16-15(21)17-12-4-2-3-5-13(12)18/h6-8,12-13,18H,2-5H2,1H3,(H,19,20)(H2,16,17,21). The molecule has 21 heavy (non-hydrogen) atoms. The second-order valence-corrected chi connectivity index (χ2v) is 5.39. The van der Waals surface area contributed by atoms with Gasteiger partial charge in [0.15, 0.2) is 0 Å². The summed E-state index contributed by atoms with van der Waals surface area (Å²) in [6.07, 6.45) is 2.88. The van der Waals surface area contributed by atoms with Crippen LogP contribution in [0.15, 0.2) is 18.2 Å². The minimum atomic E-state index is -1.03. The summed E-state index contributed by atoms with van der Waals surface area (Å²) in [6.45, 7) is 1.70. The third-order valence-electron chi connectivity index (χ3n) is 3.77. The van der Waals surface area contributed by atoms with Gasteiger partial charge in [0, 0.05) is 5.69 Å². The molecule has 0 radical (unpaired) electrons. The van der Waals surface area contributed by atoms with Crippen molar-refractivity contribution >= 4 is 17.7 Å². The molecule has 1 aliphatic carbocycles. The number of carboxylic acid groups (broad SMARTS) is 1. The fourth-order valence-electron chi connectivity index (χ4n) is 2.55. The van der Waals surface area contributed by atoms with E-state index in [1.807, 2.05) is 0 Å². The fourth-order valence-corrected chi connectivity index (χ4v) is 2.55. The van der Waals surface area contributed by atoms with E-state index in [0.29, 0.717) is 17.7 Å². The first-order chi connectivity index (χ1) is 9.97. The predicted molar refractivity (Wildman–Crippen MR) is 78.6 cm³/mol. The Morgan fingerprint density at radius 2 is 1.95 bits per heavy atom. The lowest BCUT2D eigenvalue weighted by atomic mass is 9.93. The molecule has 1 aromatic rings. The summed E-state index contributed by atoms with van der Waals surface area (Å²) in [5.41, 5.74) is 1.21. The van der Waals surface area contributed by atoms with Crippen LogP contribution < -0.4 is 10.6 Å². The summed E-state index contributed by atoms with van der Waals surface area (Å²) in [7, 11) is 0. The van der Waals surface area contributed by atoms with Gasteiger partial charge in [-0.1, -0.05) is 18.9 Å². The molecule has 0 saturated heterocycles. The average Bonchev–Trinajstić information content (AvgIpc) is 2.43. The molecule has 2 atom stereocenters. The van der Waals surface area contributed by atoms with Crippen LogP contribution in [0.25, 0.3) is 0 Å². The highest BCUT2D eigenvalue weighted by Crippen LogP contribution is 2.19. The van der Waals surface area contributed by atoms with E-state index in [2.05, 4.69) is 10.6 Å². The van der Waals surface area contributed by atoms with E-state index < -0.39 is 18.1 Å². The summed E-state index contributed by atoms with van der Waals surface area (Å²) in [5, 5.41) is 24.2. The summed E-state index contributed by atoms with van der Waals surface area (Å²) in [6, 6.07) is 4.05. The molecule has 4 N–H and O–H groups in total. The largest absolute Gasteiger partial charge is 0.478 e. The van der Waals surface area contributed by atoms with Crippen molar-refractivity contribution < 1.29 is 19.8 Å². The number of urea groups is 1. The smallest absolute Gasteiger partial charge is 0.336 e. The van der Waals surface area contributed by atoms with Crippen molar-refractivity contribution in [3.05, 3.63) is 29.3 Å². The first-order valence-electron chi connectivity index (χ1n) is 7.07. The van der Waals surface area contributed by atoms with Crippen molar-refractivity contribution in [3.63, 3.8) is 0 Å². The van der Waals surface area contributed by atoms with Gasteiger partial charge in [-0.05, 0) is 37.5 Å². The van der Waals surface area contributed by atoms with Gasteiger partial charge in [0.05, 0.1) is 17.7 Å². The first-order valence-corrected chi connectivity index (χ1v) is 7.07. The zero-order chi connectivity index (χ0) is 15.4. The SMILES string of the molecule is Cc1ccc(NC(=O)NC2CCCCC2O)cc1C(=O)O. The number of anilines is 1. The van der Waals surface area contributed by atoms with E-state index in [1.54, 1.807) is 19.1 Å². The highest BCUT2D eigenvalue weighted by Gasteiger charge is 2.24. The Hall–Kier alpha value is -2.08. The van der Waals surface area contributed by atoms with Crippen LogP contribution in [-0.4, -0.2) is 34.4 Å². The number of benzene rings is 1. The lowest BCUT2D eigenvalue weighted by molar-refractivity contribution is 0.0696. The van der Waals surface area contributed by atoms with Gasteiger partial charge in [0.1, 0.15) is 0 Å². The van der Waals surface area contributed by atoms with Crippen molar-refractivity contribution in [2.75, 3.05) is 5.32 Å².